The van der Waals surface area contributed by atoms with Crippen LogP contribution in [0.3, 0.4) is 0 Å². The number of ether oxygens (including phenoxy) is 1. The molecule has 0 saturated carbocycles. The highest BCUT2D eigenvalue weighted by atomic mass is 79.9. The lowest BCUT2D eigenvalue weighted by Gasteiger charge is -2.10. The molecule has 0 bridgehead atoms. The normalized spacial score (nSPS) is 10.3. The summed E-state index contributed by atoms with van der Waals surface area (Å²) in [6.07, 6.45) is 0. The highest BCUT2D eigenvalue weighted by Crippen LogP contribution is 2.28. The molecule has 0 heterocycles. The van der Waals surface area contributed by atoms with Gasteiger partial charge in [-0.25, -0.2) is 4.39 Å². The van der Waals surface area contributed by atoms with E-state index in [0.29, 0.717) is 4.47 Å². The van der Waals surface area contributed by atoms with Crippen molar-refractivity contribution in [2.45, 2.75) is 13.8 Å². The van der Waals surface area contributed by atoms with Crippen molar-refractivity contribution in [2.75, 3.05) is 11.9 Å². The van der Waals surface area contributed by atoms with Crippen LogP contribution in [0.4, 0.5) is 15.8 Å². The van der Waals surface area contributed by atoms with E-state index in [4.69, 9.17) is 4.74 Å². The van der Waals surface area contributed by atoms with Gasteiger partial charge in [-0.05, 0) is 49.2 Å². The van der Waals surface area contributed by atoms with E-state index in [1.165, 1.54) is 24.3 Å². The average Bonchev–Trinajstić information content (AvgIpc) is 2.49. The molecule has 0 radical (unpaired) electrons. The summed E-state index contributed by atoms with van der Waals surface area (Å²) in [6, 6.07) is 7.07. The molecule has 24 heavy (non-hydrogen) atoms. The topological polar surface area (TPSA) is 81.5 Å². The summed E-state index contributed by atoms with van der Waals surface area (Å²) in [6.45, 7) is 3.05. The Balaban J connectivity index is 2.10. The lowest BCUT2D eigenvalue weighted by Crippen LogP contribution is -2.21. The van der Waals surface area contributed by atoms with Crippen molar-refractivity contribution < 1.29 is 18.8 Å². The molecule has 126 valence electrons. The van der Waals surface area contributed by atoms with Crippen LogP contribution >= 0.6 is 15.9 Å². The number of rotatable bonds is 5. The second-order valence-corrected chi connectivity index (χ2v) is 6.04. The quantitative estimate of drug-likeness (QED) is 0.608. The van der Waals surface area contributed by atoms with Crippen LogP contribution in [0.5, 0.6) is 5.75 Å². The Bertz CT molecular complexity index is 811. The lowest BCUT2D eigenvalue weighted by atomic mass is 10.1. The molecule has 6 nitrogen and oxygen atoms in total. The first-order valence-corrected chi connectivity index (χ1v) is 7.70. The number of nitro groups is 1. The first kappa shape index (κ1) is 17.9. The number of hydrogen-bond donors (Lipinski definition) is 1. The van der Waals surface area contributed by atoms with Crippen LogP contribution in [-0.2, 0) is 4.79 Å². The molecule has 0 unspecified atom stereocenters. The second kappa shape index (κ2) is 7.39. The minimum Gasteiger partial charge on any atom is -0.481 e. The Hall–Kier alpha value is -2.48. The van der Waals surface area contributed by atoms with Gasteiger partial charge < -0.3 is 10.1 Å². The minimum atomic E-state index is -0.622. The Kier molecular flexibility index (Phi) is 5.50. The predicted octanol–water partition coefficient (Wildman–Crippen LogP) is 4.13. The van der Waals surface area contributed by atoms with E-state index in [9.17, 15) is 19.3 Å². The van der Waals surface area contributed by atoms with Gasteiger partial charge in [-0.1, -0.05) is 15.9 Å². The number of nitrogens with zero attached hydrogens (tertiary/aromatic N) is 1. The number of carbonyl (C=O) groups is 1. The van der Waals surface area contributed by atoms with E-state index in [2.05, 4.69) is 21.2 Å². The molecule has 0 spiro atoms. The zero-order chi connectivity index (χ0) is 17.9. The van der Waals surface area contributed by atoms with Gasteiger partial charge in [0.1, 0.15) is 5.69 Å². The minimum absolute atomic E-state index is 0.0768. The van der Waals surface area contributed by atoms with Gasteiger partial charge in [-0.3, -0.25) is 14.9 Å². The fourth-order valence-electron chi connectivity index (χ4n) is 1.97. The van der Waals surface area contributed by atoms with Crippen molar-refractivity contribution in [3.05, 3.63) is 61.9 Å². The van der Waals surface area contributed by atoms with Crippen LogP contribution in [-0.4, -0.2) is 17.4 Å². The Morgan fingerprint density at radius 2 is 1.96 bits per heavy atom. The largest absolute Gasteiger partial charge is 0.481 e. The van der Waals surface area contributed by atoms with Gasteiger partial charge in [-0.15, -0.1) is 0 Å². The Labute approximate surface area is 145 Å². The number of anilines is 1. The molecule has 0 aliphatic carbocycles. The maximum Gasteiger partial charge on any atom is 0.293 e. The van der Waals surface area contributed by atoms with E-state index in [-0.39, 0.29) is 17.1 Å². The monoisotopic (exact) mass is 396 g/mol. The second-order valence-electron chi connectivity index (χ2n) is 5.12. The summed E-state index contributed by atoms with van der Waals surface area (Å²) in [5.41, 5.74) is 1.41. The van der Waals surface area contributed by atoms with Crippen molar-refractivity contribution in [1.82, 2.24) is 0 Å². The number of hydrogen-bond acceptors (Lipinski definition) is 4. The Morgan fingerprint density at radius 1 is 1.29 bits per heavy atom. The third kappa shape index (κ3) is 4.29. The number of nitrogens with one attached hydrogen (secondary N) is 1. The van der Waals surface area contributed by atoms with Crippen LogP contribution in [0.1, 0.15) is 11.1 Å². The smallest absolute Gasteiger partial charge is 0.293 e. The van der Waals surface area contributed by atoms with Gasteiger partial charge >= 0.3 is 0 Å². The maximum atomic E-state index is 13.6. The summed E-state index contributed by atoms with van der Waals surface area (Å²) >= 11 is 3.12. The van der Waals surface area contributed by atoms with E-state index in [1.807, 2.05) is 0 Å². The number of nitro benzene ring substituents is 1. The third-order valence-corrected chi connectivity index (χ3v) is 3.83. The number of halogens is 2. The summed E-state index contributed by atoms with van der Waals surface area (Å²) < 4.78 is 19.3. The van der Waals surface area contributed by atoms with Crippen LogP contribution in [0.2, 0.25) is 0 Å². The van der Waals surface area contributed by atoms with Gasteiger partial charge in [0.15, 0.2) is 18.2 Å². The SMILES string of the molecule is Cc1cc(NC(=O)COc2ccc(Br)cc2F)c([N+](=O)[O-])cc1C. The van der Waals surface area contributed by atoms with E-state index >= 15 is 0 Å². The van der Waals surface area contributed by atoms with Crippen molar-refractivity contribution in [3.63, 3.8) is 0 Å². The summed E-state index contributed by atoms with van der Waals surface area (Å²) in [7, 11) is 0. The van der Waals surface area contributed by atoms with Crippen molar-refractivity contribution in [2.24, 2.45) is 0 Å². The molecule has 2 aromatic carbocycles. The molecular formula is C16H14BrFN2O4. The molecule has 0 aliphatic heterocycles. The zero-order valence-electron chi connectivity index (χ0n) is 12.9. The van der Waals surface area contributed by atoms with Crippen LogP contribution < -0.4 is 10.1 Å². The van der Waals surface area contributed by atoms with E-state index in [0.717, 1.165) is 11.1 Å². The molecule has 0 aromatic heterocycles. The number of carbonyl (C=O) groups excluding carboxylic acids is 1. The van der Waals surface area contributed by atoms with E-state index in [1.54, 1.807) is 19.9 Å². The fraction of sp³-hybridized carbons (Fsp3) is 0.188. The van der Waals surface area contributed by atoms with Gasteiger partial charge in [0.05, 0.1) is 4.92 Å². The molecule has 0 atom stereocenters. The van der Waals surface area contributed by atoms with Crippen molar-refractivity contribution >= 4 is 33.2 Å². The van der Waals surface area contributed by atoms with Crippen LogP contribution in [0, 0.1) is 29.8 Å². The molecule has 0 fully saturated rings. The van der Waals surface area contributed by atoms with Gasteiger partial charge in [0.2, 0.25) is 0 Å². The standard InChI is InChI=1S/C16H14BrFN2O4/c1-9-5-13(14(20(22)23)6-10(9)2)19-16(21)8-24-15-4-3-11(17)7-12(15)18/h3-7H,8H2,1-2H3,(H,19,21). The fourth-order valence-corrected chi connectivity index (χ4v) is 2.31. The molecule has 1 N–H and O–H groups in total. The maximum absolute atomic E-state index is 13.6. The van der Waals surface area contributed by atoms with Crippen LogP contribution in [0.25, 0.3) is 0 Å². The van der Waals surface area contributed by atoms with Crippen molar-refractivity contribution in [1.29, 1.82) is 0 Å². The molecular weight excluding hydrogens is 383 g/mol. The molecule has 2 aromatic rings. The van der Waals surface area contributed by atoms with Gasteiger partial charge in [0.25, 0.3) is 11.6 Å². The third-order valence-electron chi connectivity index (χ3n) is 3.34. The number of amides is 1. The lowest BCUT2D eigenvalue weighted by molar-refractivity contribution is -0.384. The zero-order valence-corrected chi connectivity index (χ0v) is 14.5. The molecule has 2 rings (SSSR count). The number of aryl methyl sites for hydroxylation is 2. The van der Waals surface area contributed by atoms with Crippen molar-refractivity contribution in [3.8, 4) is 5.75 Å². The van der Waals surface area contributed by atoms with Crippen LogP contribution in [0.15, 0.2) is 34.8 Å². The van der Waals surface area contributed by atoms with E-state index < -0.39 is 23.3 Å². The molecule has 0 aliphatic rings. The average molecular weight is 397 g/mol. The highest BCUT2D eigenvalue weighted by Gasteiger charge is 2.18. The first-order valence-electron chi connectivity index (χ1n) is 6.91. The summed E-state index contributed by atoms with van der Waals surface area (Å²) in [5, 5.41) is 13.5. The summed E-state index contributed by atoms with van der Waals surface area (Å²) in [5.74, 6) is -1.32. The molecule has 1 amide bonds. The molecule has 8 heteroatoms. The first-order chi connectivity index (χ1) is 11.3. The summed E-state index contributed by atoms with van der Waals surface area (Å²) in [4.78, 5) is 22.5. The van der Waals surface area contributed by atoms with Gasteiger partial charge in [-0.2, -0.15) is 0 Å². The van der Waals surface area contributed by atoms with Gasteiger partial charge in [0, 0.05) is 10.5 Å². The predicted molar refractivity (Wildman–Crippen MR) is 90.8 cm³/mol. The molecule has 0 saturated heterocycles. The Morgan fingerprint density at radius 3 is 2.58 bits per heavy atom. The number of benzene rings is 2. The highest BCUT2D eigenvalue weighted by molar-refractivity contribution is 9.10.